The summed E-state index contributed by atoms with van der Waals surface area (Å²) >= 11 is 6.13. The van der Waals surface area contributed by atoms with Gasteiger partial charge in [-0.25, -0.2) is 14.4 Å². The van der Waals surface area contributed by atoms with Crippen molar-refractivity contribution in [1.29, 1.82) is 0 Å². The summed E-state index contributed by atoms with van der Waals surface area (Å²) in [5.74, 6) is 0.417. The predicted molar refractivity (Wildman–Crippen MR) is 82.9 cm³/mol. The van der Waals surface area contributed by atoms with Gasteiger partial charge in [0.15, 0.2) is 0 Å². The summed E-state index contributed by atoms with van der Waals surface area (Å²) in [6.07, 6.45) is 3.44. The molecule has 0 aliphatic heterocycles. The molecule has 0 aliphatic carbocycles. The minimum Gasteiger partial charge on any atom is -0.308 e. The third-order valence-corrected chi connectivity index (χ3v) is 3.59. The lowest BCUT2D eigenvalue weighted by atomic mass is 10.0. The molecule has 1 N–H and O–H groups in total. The zero-order valence-corrected chi connectivity index (χ0v) is 13.0. The van der Waals surface area contributed by atoms with Crippen molar-refractivity contribution in [2.24, 2.45) is 0 Å². The quantitative estimate of drug-likeness (QED) is 0.880. The molecule has 0 saturated carbocycles. The molecule has 0 aliphatic rings. The molecular weight excluding hydrogens is 289 g/mol. The number of nitrogens with zero attached hydrogens (tertiary/aromatic N) is 2. The van der Waals surface area contributed by atoms with E-state index in [9.17, 15) is 4.39 Å². The molecule has 2 aromatic rings. The molecule has 1 aromatic heterocycles. The first-order valence-corrected chi connectivity index (χ1v) is 7.44. The molecule has 0 saturated heterocycles. The van der Waals surface area contributed by atoms with Gasteiger partial charge in [-0.05, 0) is 50.1 Å². The topological polar surface area (TPSA) is 37.8 Å². The largest absolute Gasteiger partial charge is 0.308 e. The fourth-order valence-electron chi connectivity index (χ4n) is 2.18. The Balaban J connectivity index is 2.23. The number of hydrogen-bond acceptors (Lipinski definition) is 3. The van der Waals surface area contributed by atoms with E-state index in [2.05, 4.69) is 22.2 Å². The average Bonchev–Trinajstić information content (AvgIpc) is 2.45. The SMILES string of the molecule is CCCNC(Cc1ccc(F)cc1Cl)c1ccnc(C)n1. The first kappa shape index (κ1) is 15.9. The van der Waals surface area contributed by atoms with Gasteiger partial charge < -0.3 is 5.32 Å². The molecule has 5 heteroatoms. The smallest absolute Gasteiger partial charge is 0.125 e. The summed E-state index contributed by atoms with van der Waals surface area (Å²) in [5.41, 5.74) is 1.83. The number of rotatable bonds is 6. The standard InChI is InChI=1S/C16H19ClFN3/c1-3-7-20-16(15-6-8-19-11(2)21-15)9-12-4-5-13(18)10-14(12)17/h4-6,8,10,16,20H,3,7,9H2,1-2H3. The zero-order chi connectivity index (χ0) is 15.2. The highest BCUT2D eigenvalue weighted by Gasteiger charge is 2.15. The van der Waals surface area contributed by atoms with Crippen molar-refractivity contribution >= 4 is 11.6 Å². The third kappa shape index (κ3) is 4.48. The maximum absolute atomic E-state index is 13.1. The van der Waals surface area contributed by atoms with E-state index in [4.69, 9.17) is 11.6 Å². The minimum absolute atomic E-state index is 0.0367. The summed E-state index contributed by atoms with van der Waals surface area (Å²) in [7, 11) is 0. The lowest BCUT2D eigenvalue weighted by Crippen LogP contribution is -2.25. The Bertz CT molecular complexity index is 604. The van der Waals surface area contributed by atoms with Crippen LogP contribution in [0.4, 0.5) is 4.39 Å². The van der Waals surface area contributed by atoms with Crippen LogP contribution in [0.25, 0.3) is 0 Å². The summed E-state index contributed by atoms with van der Waals surface area (Å²) < 4.78 is 13.1. The first-order chi connectivity index (χ1) is 10.1. The molecule has 1 aromatic carbocycles. The first-order valence-electron chi connectivity index (χ1n) is 7.07. The minimum atomic E-state index is -0.320. The van der Waals surface area contributed by atoms with Gasteiger partial charge in [0.05, 0.1) is 11.7 Å². The molecule has 3 nitrogen and oxygen atoms in total. The molecule has 1 heterocycles. The van der Waals surface area contributed by atoms with Gasteiger partial charge in [-0.1, -0.05) is 24.6 Å². The molecule has 0 bridgehead atoms. The van der Waals surface area contributed by atoms with Crippen molar-refractivity contribution in [3.05, 3.63) is 58.4 Å². The molecule has 1 atom stereocenters. The van der Waals surface area contributed by atoms with E-state index in [0.717, 1.165) is 30.0 Å². The van der Waals surface area contributed by atoms with Crippen LogP contribution < -0.4 is 5.32 Å². The Morgan fingerprint density at radius 3 is 2.81 bits per heavy atom. The molecule has 0 radical (unpaired) electrons. The van der Waals surface area contributed by atoms with Gasteiger partial charge in [0.25, 0.3) is 0 Å². The van der Waals surface area contributed by atoms with E-state index in [1.54, 1.807) is 12.3 Å². The van der Waals surface area contributed by atoms with Gasteiger partial charge in [-0.3, -0.25) is 0 Å². The van der Waals surface area contributed by atoms with Crippen LogP contribution in [-0.4, -0.2) is 16.5 Å². The maximum atomic E-state index is 13.1. The molecule has 0 spiro atoms. The van der Waals surface area contributed by atoms with E-state index >= 15 is 0 Å². The van der Waals surface area contributed by atoms with Gasteiger partial charge in [0.2, 0.25) is 0 Å². The fourth-order valence-corrected chi connectivity index (χ4v) is 2.42. The van der Waals surface area contributed by atoms with Crippen LogP contribution in [-0.2, 0) is 6.42 Å². The summed E-state index contributed by atoms with van der Waals surface area (Å²) in [5, 5.41) is 3.91. The Kier molecular flexibility index (Phi) is 5.65. The molecular formula is C16H19ClFN3. The number of benzene rings is 1. The van der Waals surface area contributed by atoms with Crippen LogP contribution in [0.5, 0.6) is 0 Å². The Morgan fingerprint density at radius 2 is 2.14 bits per heavy atom. The number of aryl methyl sites for hydroxylation is 1. The van der Waals surface area contributed by atoms with E-state index in [-0.39, 0.29) is 11.9 Å². The van der Waals surface area contributed by atoms with Gasteiger partial charge in [0, 0.05) is 11.2 Å². The van der Waals surface area contributed by atoms with Crippen molar-refractivity contribution in [2.45, 2.75) is 32.7 Å². The number of hydrogen-bond donors (Lipinski definition) is 1. The highest BCUT2D eigenvalue weighted by molar-refractivity contribution is 6.31. The second-order valence-electron chi connectivity index (χ2n) is 4.98. The third-order valence-electron chi connectivity index (χ3n) is 3.23. The molecule has 2 rings (SSSR count). The lowest BCUT2D eigenvalue weighted by molar-refractivity contribution is 0.515. The molecule has 1 unspecified atom stereocenters. The maximum Gasteiger partial charge on any atom is 0.125 e. The van der Waals surface area contributed by atoms with Crippen LogP contribution in [0.15, 0.2) is 30.5 Å². The van der Waals surface area contributed by atoms with Gasteiger partial charge >= 0.3 is 0 Å². The Labute approximate surface area is 129 Å². The Hall–Kier alpha value is -1.52. The lowest BCUT2D eigenvalue weighted by Gasteiger charge is -2.19. The highest BCUT2D eigenvalue weighted by Crippen LogP contribution is 2.23. The summed E-state index contributed by atoms with van der Waals surface area (Å²) in [6, 6.07) is 6.45. The van der Waals surface area contributed by atoms with E-state index < -0.39 is 0 Å². The fraction of sp³-hybridized carbons (Fsp3) is 0.375. The van der Waals surface area contributed by atoms with Crippen LogP contribution in [0.3, 0.4) is 0 Å². The van der Waals surface area contributed by atoms with Gasteiger partial charge in [-0.15, -0.1) is 0 Å². The van der Waals surface area contributed by atoms with Crippen LogP contribution in [0.2, 0.25) is 5.02 Å². The van der Waals surface area contributed by atoms with Crippen LogP contribution in [0, 0.1) is 12.7 Å². The van der Waals surface area contributed by atoms with E-state index in [1.807, 2.05) is 13.0 Å². The summed E-state index contributed by atoms with van der Waals surface area (Å²) in [4.78, 5) is 8.60. The molecule has 0 amide bonds. The molecule has 112 valence electrons. The monoisotopic (exact) mass is 307 g/mol. The zero-order valence-electron chi connectivity index (χ0n) is 12.2. The van der Waals surface area contributed by atoms with Crippen LogP contribution in [0.1, 0.15) is 36.5 Å². The normalized spacial score (nSPS) is 12.4. The Morgan fingerprint density at radius 1 is 1.33 bits per heavy atom. The molecule has 21 heavy (non-hydrogen) atoms. The highest BCUT2D eigenvalue weighted by atomic mass is 35.5. The predicted octanol–water partition coefficient (Wildman–Crippen LogP) is 3.86. The average molecular weight is 308 g/mol. The number of nitrogens with one attached hydrogen (secondary N) is 1. The second-order valence-corrected chi connectivity index (χ2v) is 5.38. The van der Waals surface area contributed by atoms with Gasteiger partial charge in [0.1, 0.15) is 11.6 Å². The molecule has 0 fully saturated rings. The summed E-state index contributed by atoms with van der Waals surface area (Å²) in [6.45, 7) is 4.86. The van der Waals surface area contributed by atoms with E-state index in [0.29, 0.717) is 11.4 Å². The van der Waals surface area contributed by atoms with Crippen LogP contribution >= 0.6 is 11.6 Å². The van der Waals surface area contributed by atoms with Crippen molar-refractivity contribution < 1.29 is 4.39 Å². The second kappa shape index (κ2) is 7.48. The van der Waals surface area contributed by atoms with E-state index in [1.165, 1.54) is 12.1 Å². The van der Waals surface area contributed by atoms with Crippen molar-refractivity contribution in [3.63, 3.8) is 0 Å². The number of aromatic nitrogens is 2. The van der Waals surface area contributed by atoms with Gasteiger partial charge in [-0.2, -0.15) is 0 Å². The number of halogens is 2. The van der Waals surface area contributed by atoms with Crippen molar-refractivity contribution in [2.75, 3.05) is 6.54 Å². The van der Waals surface area contributed by atoms with Crippen molar-refractivity contribution in [3.8, 4) is 0 Å². The van der Waals surface area contributed by atoms with Crippen molar-refractivity contribution in [1.82, 2.24) is 15.3 Å².